The summed E-state index contributed by atoms with van der Waals surface area (Å²) >= 11 is 0. The van der Waals surface area contributed by atoms with Gasteiger partial charge in [0.15, 0.2) is 5.82 Å². The monoisotopic (exact) mass is 410 g/mol. The van der Waals surface area contributed by atoms with Crippen LogP contribution in [0, 0.1) is 0 Å². The van der Waals surface area contributed by atoms with Gasteiger partial charge in [-0.1, -0.05) is 6.92 Å². The summed E-state index contributed by atoms with van der Waals surface area (Å²) in [4.78, 5) is 30.2. The second-order valence-electron chi connectivity index (χ2n) is 8.07. The van der Waals surface area contributed by atoms with Crippen molar-refractivity contribution < 1.29 is 9.53 Å². The van der Waals surface area contributed by atoms with E-state index in [4.69, 9.17) is 20.4 Å². The highest BCUT2D eigenvalue weighted by molar-refractivity contribution is 5.75. The Morgan fingerprint density at radius 3 is 2.73 bits per heavy atom. The standard InChI is InChI=1S/C22H30N6O2/c1-3-21(29)27-8-5-16(6-9-27)18-13-20(28-10-11-30-14-15(28)2)26-22(25-18)17-4-7-24-19(23)12-17/h4,7,12-13,15-16H,3,5-6,8-11,14H2,1-2H3,(H2,23,24). The van der Waals surface area contributed by atoms with Crippen LogP contribution in [0.15, 0.2) is 24.4 Å². The zero-order chi connectivity index (χ0) is 21.1. The Balaban J connectivity index is 1.66. The van der Waals surface area contributed by atoms with E-state index < -0.39 is 0 Å². The summed E-state index contributed by atoms with van der Waals surface area (Å²) < 4.78 is 5.61. The number of aromatic nitrogens is 3. The highest BCUT2D eigenvalue weighted by atomic mass is 16.5. The number of nitrogens with zero attached hydrogens (tertiary/aromatic N) is 5. The van der Waals surface area contributed by atoms with Crippen molar-refractivity contribution in [1.82, 2.24) is 19.9 Å². The third kappa shape index (κ3) is 4.38. The van der Waals surface area contributed by atoms with Crippen molar-refractivity contribution in [3.63, 3.8) is 0 Å². The maximum Gasteiger partial charge on any atom is 0.222 e. The molecule has 2 aromatic heterocycles. The van der Waals surface area contributed by atoms with Crippen LogP contribution in [-0.2, 0) is 9.53 Å². The first-order valence-electron chi connectivity index (χ1n) is 10.8. The molecule has 0 saturated carbocycles. The fourth-order valence-electron chi connectivity index (χ4n) is 4.24. The van der Waals surface area contributed by atoms with Crippen molar-refractivity contribution in [2.45, 2.75) is 45.1 Å². The van der Waals surface area contributed by atoms with Gasteiger partial charge in [0, 0.05) is 55.5 Å². The largest absolute Gasteiger partial charge is 0.384 e. The molecule has 4 heterocycles. The Hall–Kier alpha value is -2.74. The molecule has 8 heteroatoms. The van der Waals surface area contributed by atoms with Crippen LogP contribution >= 0.6 is 0 Å². The topological polar surface area (TPSA) is 97.5 Å². The highest BCUT2D eigenvalue weighted by Gasteiger charge is 2.27. The van der Waals surface area contributed by atoms with Crippen LogP contribution in [0.5, 0.6) is 0 Å². The lowest BCUT2D eigenvalue weighted by molar-refractivity contribution is -0.131. The Labute approximate surface area is 177 Å². The molecule has 2 aliphatic rings. The van der Waals surface area contributed by atoms with Crippen molar-refractivity contribution in [3.05, 3.63) is 30.1 Å². The van der Waals surface area contributed by atoms with Gasteiger partial charge in [0.25, 0.3) is 0 Å². The van der Waals surface area contributed by atoms with Gasteiger partial charge >= 0.3 is 0 Å². The number of carbonyl (C=O) groups is 1. The molecule has 0 aromatic carbocycles. The number of piperidine rings is 1. The van der Waals surface area contributed by atoms with Crippen molar-refractivity contribution in [2.24, 2.45) is 0 Å². The molecular weight excluding hydrogens is 380 g/mol. The predicted octanol–water partition coefficient (Wildman–Crippen LogP) is 2.46. The number of nitrogens with two attached hydrogens (primary N) is 1. The lowest BCUT2D eigenvalue weighted by atomic mass is 9.92. The Morgan fingerprint density at radius 1 is 1.23 bits per heavy atom. The average Bonchev–Trinajstić information content (AvgIpc) is 2.78. The summed E-state index contributed by atoms with van der Waals surface area (Å²) in [5.41, 5.74) is 7.81. The first-order chi connectivity index (χ1) is 14.5. The maximum atomic E-state index is 12.0. The summed E-state index contributed by atoms with van der Waals surface area (Å²) in [6.07, 6.45) is 4.08. The molecule has 30 heavy (non-hydrogen) atoms. The van der Waals surface area contributed by atoms with Gasteiger partial charge in [0.05, 0.1) is 19.3 Å². The van der Waals surface area contributed by atoms with Crippen LogP contribution in [0.25, 0.3) is 11.4 Å². The van der Waals surface area contributed by atoms with Gasteiger partial charge in [-0.2, -0.15) is 0 Å². The van der Waals surface area contributed by atoms with E-state index in [-0.39, 0.29) is 11.9 Å². The molecular formula is C22H30N6O2. The number of anilines is 2. The van der Waals surface area contributed by atoms with Crippen LogP contribution in [-0.4, -0.2) is 64.6 Å². The number of likely N-dealkylation sites (tertiary alicyclic amines) is 1. The maximum absolute atomic E-state index is 12.0. The lowest BCUT2D eigenvalue weighted by Gasteiger charge is -2.35. The van der Waals surface area contributed by atoms with Gasteiger partial charge in [-0.25, -0.2) is 15.0 Å². The molecule has 2 fully saturated rings. The minimum atomic E-state index is 0.229. The van der Waals surface area contributed by atoms with Gasteiger partial charge in [0.1, 0.15) is 11.6 Å². The summed E-state index contributed by atoms with van der Waals surface area (Å²) in [6, 6.07) is 6.08. The molecule has 1 amide bonds. The number of hydrogen-bond donors (Lipinski definition) is 1. The quantitative estimate of drug-likeness (QED) is 0.827. The van der Waals surface area contributed by atoms with Crippen LogP contribution in [0.1, 0.15) is 44.7 Å². The van der Waals surface area contributed by atoms with E-state index >= 15 is 0 Å². The predicted molar refractivity (Wildman–Crippen MR) is 116 cm³/mol. The SMILES string of the molecule is CCC(=O)N1CCC(c2cc(N3CCOCC3C)nc(-c3ccnc(N)c3)n2)CC1. The Kier molecular flexibility index (Phi) is 6.13. The van der Waals surface area contributed by atoms with E-state index in [1.54, 1.807) is 6.20 Å². The highest BCUT2D eigenvalue weighted by Crippen LogP contribution is 2.32. The van der Waals surface area contributed by atoms with Crippen molar-refractivity contribution in [1.29, 1.82) is 0 Å². The molecule has 1 atom stereocenters. The molecule has 8 nitrogen and oxygen atoms in total. The third-order valence-electron chi connectivity index (χ3n) is 6.00. The number of nitrogen functional groups attached to an aromatic ring is 1. The molecule has 160 valence electrons. The third-order valence-corrected chi connectivity index (χ3v) is 6.00. The minimum absolute atomic E-state index is 0.229. The molecule has 0 bridgehead atoms. The van der Waals surface area contributed by atoms with Gasteiger partial charge in [-0.15, -0.1) is 0 Å². The van der Waals surface area contributed by atoms with E-state index in [9.17, 15) is 4.79 Å². The van der Waals surface area contributed by atoms with E-state index in [2.05, 4.69) is 22.9 Å². The molecule has 2 aromatic rings. The van der Waals surface area contributed by atoms with E-state index in [1.165, 1.54) is 0 Å². The van der Waals surface area contributed by atoms with E-state index in [1.807, 2.05) is 24.0 Å². The average molecular weight is 411 g/mol. The smallest absolute Gasteiger partial charge is 0.222 e. The second kappa shape index (κ2) is 8.95. The van der Waals surface area contributed by atoms with Crippen molar-refractivity contribution in [3.8, 4) is 11.4 Å². The number of ether oxygens (including phenoxy) is 1. The van der Waals surface area contributed by atoms with Crippen LogP contribution in [0.4, 0.5) is 11.6 Å². The van der Waals surface area contributed by atoms with Crippen LogP contribution in [0.2, 0.25) is 0 Å². The van der Waals surface area contributed by atoms with Gasteiger partial charge in [0.2, 0.25) is 5.91 Å². The Morgan fingerprint density at radius 2 is 2.03 bits per heavy atom. The number of pyridine rings is 1. The number of morpholine rings is 1. The number of hydrogen-bond acceptors (Lipinski definition) is 7. The molecule has 2 aliphatic heterocycles. The fourth-order valence-corrected chi connectivity index (χ4v) is 4.24. The normalized spacial score (nSPS) is 20.4. The van der Waals surface area contributed by atoms with Crippen LogP contribution in [0.3, 0.4) is 0 Å². The molecule has 0 radical (unpaired) electrons. The van der Waals surface area contributed by atoms with Crippen molar-refractivity contribution >= 4 is 17.5 Å². The molecule has 2 N–H and O–H groups in total. The number of carbonyl (C=O) groups excluding carboxylic acids is 1. The molecule has 4 rings (SSSR count). The summed E-state index contributed by atoms with van der Waals surface area (Å²) in [6.45, 7) is 7.82. The summed E-state index contributed by atoms with van der Waals surface area (Å²) in [5.74, 6) is 2.58. The zero-order valence-electron chi connectivity index (χ0n) is 17.8. The molecule has 0 aliphatic carbocycles. The minimum Gasteiger partial charge on any atom is -0.384 e. The van der Waals surface area contributed by atoms with Gasteiger partial charge in [-0.05, 0) is 31.9 Å². The Bertz CT molecular complexity index is 897. The molecule has 0 spiro atoms. The summed E-state index contributed by atoms with van der Waals surface area (Å²) in [5, 5.41) is 0. The number of rotatable bonds is 4. The number of amides is 1. The fraction of sp³-hybridized carbons (Fsp3) is 0.545. The second-order valence-corrected chi connectivity index (χ2v) is 8.07. The van der Waals surface area contributed by atoms with Gasteiger partial charge in [-0.3, -0.25) is 4.79 Å². The van der Waals surface area contributed by atoms with Crippen LogP contribution < -0.4 is 10.6 Å². The van der Waals surface area contributed by atoms with E-state index in [0.29, 0.717) is 37.2 Å². The molecule has 1 unspecified atom stereocenters. The van der Waals surface area contributed by atoms with Crippen molar-refractivity contribution in [2.75, 3.05) is 43.5 Å². The van der Waals surface area contributed by atoms with Gasteiger partial charge < -0.3 is 20.3 Å². The lowest BCUT2D eigenvalue weighted by Crippen LogP contribution is -2.44. The first kappa shape index (κ1) is 20.5. The first-order valence-corrected chi connectivity index (χ1v) is 10.8. The molecule has 2 saturated heterocycles. The van der Waals surface area contributed by atoms with E-state index in [0.717, 1.165) is 49.6 Å². The zero-order valence-corrected chi connectivity index (χ0v) is 17.8. The summed E-state index contributed by atoms with van der Waals surface area (Å²) in [7, 11) is 0.